The van der Waals surface area contributed by atoms with Crippen molar-refractivity contribution in [2.24, 2.45) is 0 Å². The summed E-state index contributed by atoms with van der Waals surface area (Å²) in [6.45, 7) is 6.32. The van der Waals surface area contributed by atoms with Crippen LogP contribution in [0.15, 0.2) is 30.3 Å². The molecule has 2 nitrogen and oxygen atoms in total. The van der Waals surface area contributed by atoms with Crippen LogP contribution in [-0.4, -0.2) is 22.5 Å². The lowest BCUT2D eigenvalue weighted by atomic mass is 10.0. The quantitative estimate of drug-likeness (QED) is 0.0600. The Morgan fingerprint density at radius 3 is 0.927 bits per heavy atom. The molecule has 0 saturated heterocycles. The molecule has 0 aliphatic carbocycles. The maximum Gasteiger partial charge on any atom is 0.355 e. The smallest absolute Gasteiger partial charge is 0.355 e. The van der Waals surface area contributed by atoms with E-state index in [1.807, 2.05) is 0 Å². The molecule has 41 heavy (non-hydrogen) atoms. The lowest BCUT2D eigenvalue weighted by Gasteiger charge is -2.17. The van der Waals surface area contributed by atoms with Crippen molar-refractivity contribution in [3.63, 3.8) is 0 Å². The predicted octanol–water partition coefficient (Wildman–Crippen LogP) is 12.1. The lowest BCUT2D eigenvalue weighted by Crippen LogP contribution is -2.37. The van der Waals surface area contributed by atoms with Crippen molar-refractivity contribution in [3.05, 3.63) is 30.3 Å². The van der Waals surface area contributed by atoms with Crippen molar-refractivity contribution >= 4 is 14.5 Å². The fourth-order valence-electron chi connectivity index (χ4n) is 5.82. The summed E-state index contributed by atoms with van der Waals surface area (Å²) in [4.78, 5) is 0. The van der Waals surface area contributed by atoms with Crippen molar-refractivity contribution < 1.29 is 8.85 Å². The Morgan fingerprint density at radius 1 is 0.366 bits per heavy atom. The Morgan fingerprint density at radius 2 is 0.634 bits per heavy atom. The SMILES string of the molecule is CCCCCCCCCCCCCCCCO[SiH](OCCCCCCCCCCCCCCCC)c1ccccc1. The van der Waals surface area contributed by atoms with Gasteiger partial charge in [0.25, 0.3) is 0 Å². The first-order valence-corrected chi connectivity index (χ1v) is 20.2. The van der Waals surface area contributed by atoms with Gasteiger partial charge in [-0.3, -0.25) is 0 Å². The van der Waals surface area contributed by atoms with Crippen LogP contribution in [0.4, 0.5) is 0 Å². The molecule has 0 N–H and O–H groups in total. The van der Waals surface area contributed by atoms with E-state index in [-0.39, 0.29) is 0 Å². The van der Waals surface area contributed by atoms with Crippen LogP contribution in [0.25, 0.3) is 0 Å². The third-order valence-corrected chi connectivity index (χ3v) is 10.6. The molecule has 1 aromatic carbocycles. The van der Waals surface area contributed by atoms with Crippen LogP contribution in [0.5, 0.6) is 0 Å². The van der Waals surface area contributed by atoms with E-state index in [4.69, 9.17) is 8.85 Å². The molecule has 3 heteroatoms. The minimum absolute atomic E-state index is 0.864. The molecule has 0 amide bonds. The summed E-state index contributed by atoms with van der Waals surface area (Å²) in [5.74, 6) is 0. The molecule has 0 aromatic heterocycles. The summed E-state index contributed by atoms with van der Waals surface area (Å²) >= 11 is 0. The summed E-state index contributed by atoms with van der Waals surface area (Å²) in [6, 6.07) is 10.7. The molecule has 0 saturated carbocycles. The van der Waals surface area contributed by atoms with Gasteiger partial charge >= 0.3 is 9.28 Å². The zero-order valence-electron chi connectivity index (χ0n) is 28.0. The highest BCUT2D eigenvalue weighted by Crippen LogP contribution is 2.14. The first-order chi connectivity index (χ1) is 20.4. The van der Waals surface area contributed by atoms with E-state index in [1.54, 1.807) is 0 Å². The van der Waals surface area contributed by atoms with Crippen LogP contribution in [0, 0.1) is 0 Å². The second-order valence-corrected chi connectivity index (χ2v) is 14.7. The molecule has 0 radical (unpaired) electrons. The fourth-order valence-corrected chi connectivity index (χ4v) is 7.60. The Bertz CT molecular complexity index is 574. The van der Waals surface area contributed by atoms with Gasteiger partial charge in [-0.2, -0.15) is 0 Å². The zero-order chi connectivity index (χ0) is 29.3. The highest BCUT2D eigenvalue weighted by atomic mass is 28.3. The van der Waals surface area contributed by atoms with Crippen molar-refractivity contribution in [1.82, 2.24) is 0 Å². The van der Waals surface area contributed by atoms with Crippen LogP contribution in [-0.2, 0) is 8.85 Å². The van der Waals surface area contributed by atoms with E-state index in [2.05, 4.69) is 44.2 Å². The topological polar surface area (TPSA) is 18.5 Å². The normalized spacial score (nSPS) is 11.6. The predicted molar refractivity (Wildman–Crippen MR) is 186 cm³/mol. The molecule has 0 atom stereocenters. The average Bonchev–Trinajstić information content (AvgIpc) is 3.00. The molecular formula is C38H72O2Si. The van der Waals surface area contributed by atoms with E-state index < -0.39 is 9.28 Å². The highest BCUT2D eigenvalue weighted by molar-refractivity contribution is 6.61. The first-order valence-electron chi connectivity index (χ1n) is 18.7. The molecule has 0 heterocycles. The van der Waals surface area contributed by atoms with Gasteiger partial charge in [0, 0.05) is 13.2 Å². The maximum absolute atomic E-state index is 6.37. The summed E-state index contributed by atoms with van der Waals surface area (Å²) in [6.07, 6.45) is 39.1. The molecule has 1 aromatic rings. The van der Waals surface area contributed by atoms with E-state index in [0.29, 0.717) is 0 Å². The lowest BCUT2D eigenvalue weighted by molar-refractivity contribution is 0.199. The number of benzene rings is 1. The number of rotatable bonds is 33. The number of unbranched alkanes of at least 4 members (excludes halogenated alkanes) is 26. The molecule has 0 fully saturated rings. The molecule has 0 unspecified atom stereocenters. The largest absolute Gasteiger partial charge is 0.393 e. The fraction of sp³-hybridized carbons (Fsp3) is 0.842. The third-order valence-electron chi connectivity index (χ3n) is 8.61. The van der Waals surface area contributed by atoms with Crippen LogP contribution < -0.4 is 5.19 Å². The molecular weight excluding hydrogens is 517 g/mol. The number of hydrogen-bond acceptors (Lipinski definition) is 2. The minimum Gasteiger partial charge on any atom is -0.393 e. The molecule has 0 spiro atoms. The van der Waals surface area contributed by atoms with Gasteiger partial charge in [-0.15, -0.1) is 0 Å². The monoisotopic (exact) mass is 589 g/mol. The van der Waals surface area contributed by atoms with E-state index >= 15 is 0 Å². The van der Waals surface area contributed by atoms with Gasteiger partial charge in [-0.05, 0) is 18.0 Å². The second kappa shape index (κ2) is 32.3. The third kappa shape index (κ3) is 26.7. The standard InChI is InChI=1S/C38H72O2Si/c1-3-5-7-9-11-13-15-17-19-21-23-25-27-32-36-39-41(38-34-30-29-31-35-38)40-37-33-28-26-24-22-20-18-16-14-12-10-8-6-4-2/h29-31,34-35,41H,3-28,32-33,36-37H2,1-2H3. The second-order valence-electron chi connectivity index (χ2n) is 12.7. The Labute approximate surface area is 260 Å². The first kappa shape index (κ1) is 38.4. The van der Waals surface area contributed by atoms with Gasteiger partial charge in [-0.25, -0.2) is 0 Å². The molecule has 0 aliphatic rings. The molecule has 0 aliphatic heterocycles. The Hall–Kier alpha value is -0.643. The van der Waals surface area contributed by atoms with Crippen molar-refractivity contribution in [2.75, 3.05) is 13.2 Å². The van der Waals surface area contributed by atoms with E-state index in [1.165, 1.54) is 185 Å². The molecule has 1 rings (SSSR count). The summed E-state index contributed by atoms with van der Waals surface area (Å²) in [5, 5.41) is 1.29. The van der Waals surface area contributed by atoms with Crippen molar-refractivity contribution in [2.45, 2.75) is 194 Å². The molecule has 0 bridgehead atoms. The van der Waals surface area contributed by atoms with Crippen LogP contribution in [0.3, 0.4) is 0 Å². The van der Waals surface area contributed by atoms with Crippen molar-refractivity contribution in [3.8, 4) is 0 Å². The Balaban J connectivity index is 1.97. The van der Waals surface area contributed by atoms with Gasteiger partial charge in [0.15, 0.2) is 0 Å². The summed E-state index contributed by atoms with van der Waals surface area (Å²) < 4.78 is 12.7. The summed E-state index contributed by atoms with van der Waals surface area (Å²) in [7, 11) is -1.77. The van der Waals surface area contributed by atoms with E-state index in [0.717, 1.165) is 13.2 Å². The van der Waals surface area contributed by atoms with Gasteiger partial charge in [0.1, 0.15) is 0 Å². The Kier molecular flexibility index (Phi) is 30.2. The van der Waals surface area contributed by atoms with Gasteiger partial charge in [0.05, 0.1) is 0 Å². The minimum atomic E-state index is -1.77. The zero-order valence-corrected chi connectivity index (χ0v) is 29.1. The maximum atomic E-state index is 6.37. The van der Waals surface area contributed by atoms with Crippen LogP contribution in [0.1, 0.15) is 194 Å². The average molecular weight is 589 g/mol. The van der Waals surface area contributed by atoms with Gasteiger partial charge in [-0.1, -0.05) is 211 Å². The van der Waals surface area contributed by atoms with Gasteiger partial charge in [0.2, 0.25) is 0 Å². The van der Waals surface area contributed by atoms with Gasteiger partial charge < -0.3 is 8.85 Å². The number of hydrogen-bond donors (Lipinski definition) is 0. The van der Waals surface area contributed by atoms with E-state index in [9.17, 15) is 0 Å². The van der Waals surface area contributed by atoms with Crippen LogP contribution >= 0.6 is 0 Å². The summed E-state index contributed by atoms with van der Waals surface area (Å²) in [5.41, 5.74) is 0. The molecule has 240 valence electrons. The van der Waals surface area contributed by atoms with Crippen molar-refractivity contribution in [1.29, 1.82) is 0 Å². The highest BCUT2D eigenvalue weighted by Gasteiger charge is 2.16. The van der Waals surface area contributed by atoms with Crippen LogP contribution in [0.2, 0.25) is 0 Å².